The Balaban J connectivity index is 1.99. The highest BCUT2D eigenvalue weighted by molar-refractivity contribution is 5.70. The Kier molecular flexibility index (Phi) is 2.60. The Bertz CT molecular complexity index is 225. The largest absolute Gasteiger partial charge is 0.441 e. The first kappa shape index (κ1) is 9.73. The molecular formula is C9H15NO4. The monoisotopic (exact) mass is 201 g/mol. The minimum absolute atomic E-state index is 0.0122. The zero-order valence-electron chi connectivity index (χ0n) is 8.07. The zero-order valence-corrected chi connectivity index (χ0v) is 8.07. The summed E-state index contributed by atoms with van der Waals surface area (Å²) in [5.74, 6) is 0. The van der Waals surface area contributed by atoms with Gasteiger partial charge in [0.25, 0.3) is 0 Å². The Morgan fingerprint density at radius 3 is 2.79 bits per heavy atom. The van der Waals surface area contributed by atoms with Crippen LogP contribution in [-0.2, 0) is 9.47 Å². The van der Waals surface area contributed by atoms with Crippen molar-refractivity contribution in [3.05, 3.63) is 0 Å². The number of rotatable bonds is 2. The van der Waals surface area contributed by atoms with Gasteiger partial charge in [0.15, 0.2) is 0 Å². The quantitative estimate of drug-likeness (QED) is 0.682. The van der Waals surface area contributed by atoms with E-state index in [-0.39, 0.29) is 18.3 Å². The summed E-state index contributed by atoms with van der Waals surface area (Å²) in [6.07, 6.45) is 1.22. The van der Waals surface area contributed by atoms with Gasteiger partial charge in [0.2, 0.25) is 0 Å². The van der Waals surface area contributed by atoms with E-state index in [0.29, 0.717) is 26.3 Å². The predicted molar refractivity (Wildman–Crippen MR) is 47.9 cm³/mol. The fourth-order valence-electron chi connectivity index (χ4n) is 1.99. The van der Waals surface area contributed by atoms with Crippen LogP contribution in [0.2, 0.25) is 0 Å². The maximum absolute atomic E-state index is 11.4. The van der Waals surface area contributed by atoms with Crippen molar-refractivity contribution in [2.45, 2.75) is 18.4 Å². The molecule has 0 bridgehead atoms. The normalized spacial score (nSPS) is 25.5. The third-order valence-corrected chi connectivity index (χ3v) is 2.81. The van der Waals surface area contributed by atoms with Crippen molar-refractivity contribution in [3.63, 3.8) is 0 Å². The molecule has 2 heterocycles. The average molecular weight is 201 g/mol. The standard InChI is InChI=1S/C9H15NO4/c11-4-3-10-7-9(14-8(10)12)1-5-13-6-2-9/h11H,1-7H2. The van der Waals surface area contributed by atoms with Crippen LogP contribution in [0, 0.1) is 0 Å². The molecule has 2 saturated heterocycles. The van der Waals surface area contributed by atoms with Crippen LogP contribution in [0.25, 0.3) is 0 Å². The molecule has 5 nitrogen and oxygen atoms in total. The van der Waals surface area contributed by atoms with Gasteiger partial charge in [0.05, 0.1) is 26.4 Å². The van der Waals surface area contributed by atoms with E-state index in [9.17, 15) is 4.79 Å². The second-order valence-electron chi connectivity index (χ2n) is 3.81. The van der Waals surface area contributed by atoms with Crippen LogP contribution in [0.15, 0.2) is 0 Å². The Labute approximate surface area is 82.6 Å². The van der Waals surface area contributed by atoms with Crippen LogP contribution < -0.4 is 0 Å². The molecule has 2 rings (SSSR count). The summed E-state index contributed by atoms with van der Waals surface area (Å²) in [6.45, 7) is 2.25. The highest BCUT2D eigenvalue weighted by Gasteiger charge is 2.45. The van der Waals surface area contributed by atoms with E-state index < -0.39 is 0 Å². The minimum Gasteiger partial charge on any atom is -0.441 e. The van der Waals surface area contributed by atoms with Crippen LogP contribution >= 0.6 is 0 Å². The summed E-state index contributed by atoms with van der Waals surface area (Å²) in [4.78, 5) is 13.0. The number of amides is 1. The Hall–Kier alpha value is -0.810. The van der Waals surface area contributed by atoms with E-state index in [2.05, 4.69) is 0 Å². The first-order valence-electron chi connectivity index (χ1n) is 4.92. The fraction of sp³-hybridized carbons (Fsp3) is 0.889. The molecule has 0 saturated carbocycles. The zero-order chi connectivity index (χ0) is 10.0. The number of hydrogen-bond acceptors (Lipinski definition) is 4. The van der Waals surface area contributed by atoms with E-state index in [1.165, 1.54) is 0 Å². The van der Waals surface area contributed by atoms with Gasteiger partial charge in [-0.2, -0.15) is 0 Å². The second kappa shape index (κ2) is 3.74. The third-order valence-electron chi connectivity index (χ3n) is 2.81. The fourth-order valence-corrected chi connectivity index (χ4v) is 1.99. The van der Waals surface area contributed by atoms with Crippen molar-refractivity contribution in [2.24, 2.45) is 0 Å². The van der Waals surface area contributed by atoms with Gasteiger partial charge in [-0.15, -0.1) is 0 Å². The molecule has 0 aromatic heterocycles. The molecule has 0 unspecified atom stereocenters. The van der Waals surface area contributed by atoms with Gasteiger partial charge >= 0.3 is 6.09 Å². The minimum atomic E-state index is -0.343. The molecule has 0 aliphatic carbocycles. The second-order valence-corrected chi connectivity index (χ2v) is 3.81. The molecule has 80 valence electrons. The van der Waals surface area contributed by atoms with Crippen molar-refractivity contribution in [2.75, 3.05) is 32.9 Å². The maximum Gasteiger partial charge on any atom is 0.410 e. The first-order valence-corrected chi connectivity index (χ1v) is 4.92. The lowest BCUT2D eigenvalue weighted by atomic mass is 9.94. The molecule has 1 spiro atoms. The molecule has 5 heteroatoms. The van der Waals surface area contributed by atoms with E-state index in [1.54, 1.807) is 4.90 Å². The predicted octanol–water partition coefficient (Wildman–Crippen LogP) is -0.0199. The van der Waals surface area contributed by atoms with Gasteiger partial charge in [0, 0.05) is 19.4 Å². The molecule has 2 aliphatic rings. The van der Waals surface area contributed by atoms with Crippen molar-refractivity contribution in [3.8, 4) is 0 Å². The number of aliphatic hydroxyl groups excluding tert-OH is 1. The van der Waals surface area contributed by atoms with Gasteiger partial charge < -0.3 is 19.5 Å². The number of hydrogen-bond donors (Lipinski definition) is 1. The van der Waals surface area contributed by atoms with E-state index in [4.69, 9.17) is 14.6 Å². The molecule has 0 radical (unpaired) electrons. The molecular weight excluding hydrogens is 186 g/mol. The first-order chi connectivity index (χ1) is 6.76. The molecule has 2 fully saturated rings. The molecule has 2 aliphatic heterocycles. The lowest BCUT2D eigenvalue weighted by Gasteiger charge is -2.30. The maximum atomic E-state index is 11.4. The molecule has 1 amide bonds. The van der Waals surface area contributed by atoms with Gasteiger partial charge in [-0.3, -0.25) is 0 Å². The van der Waals surface area contributed by atoms with E-state index in [1.807, 2.05) is 0 Å². The van der Waals surface area contributed by atoms with Crippen molar-refractivity contribution >= 4 is 6.09 Å². The smallest absolute Gasteiger partial charge is 0.410 e. The Morgan fingerprint density at radius 2 is 2.14 bits per heavy atom. The summed E-state index contributed by atoms with van der Waals surface area (Å²) in [7, 11) is 0. The van der Waals surface area contributed by atoms with Crippen molar-refractivity contribution in [1.82, 2.24) is 4.90 Å². The molecule has 1 N–H and O–H groups in total. The molecule has 0 atom stereocenters. The Morgan fingerprint density at radius 1 is 1.43 bits per heavy atom. The summed E-state index contributed by atoms with van der Waals surface area (Å²) < 4.78 is 10.6. The molecule has 0 aromatic carbocycles. The van der Waals surface area contributed by atoms with Crippen molar-refractivity contribution < 1.29 is 19.4 Å². The van der Waals surface area contributed by atoms with Crippen LogP contribution in [0.5, 0.6) is 0 Å². The summed E-state index contributed by atoms with van der Waals surface area (Å²) in [6, 6.07) is 0. The van der Waals surface area contributed by atoms with Crippen LogP contribution in [0.1, 0.15) is 12.8 Å². The van der Waals surface area contributed by atoms with Crippen LogP contribution in [-0.4, -0.2) is 54.6 Å². The average Bonchev–Trinajstić information content (AvgIpc) is 2.45. The highest BCUT2D eigenvalue weighted by Crippen LogP contribution is 2.31. The van der Waals surface area contributed by atoms with Gasteiger partial charge in [-0.1, -0.05) is 0 Å². The number of carbonyl (C=O) groups is 1. The topological polar surface area (TPSA) is 59.0 Å². The number of carbonyl (C=O) groups excluding carboxylic acids is 1. The van der Waals surface area contributed by atoms with Gasteiger partial charge in [-0.25, -0.2) is 4.79 Å². The van der Waals surface area contributed by atoms with Gasteiger partial charge in [0.1, 0.15) is 5.60 Å². The summed E-state index contributed by atoms with van der Waals surface area (Å²) in [5.41, 5.74) is -0.343. The lowest BCUT2D eigenvalue weighted by Crippen LogP contribution is -2.40. The SMILES string of the molecule is O=C1OC2(CCOCC2)CN1CCO. The number of nitrogens with zero attached hydrogens (tertiary/aromatic N) is 1. The van der Waals surface area contributed by atoms with Crippen LogP contribution in [0.4, 0.5) is 4.79 Å². The van der Waals surface area contributed by atoms with Crippen LogP contribution in [0.3, 0.4) is 0 Å². The lowest BCUT2D eigenvalue weighted by molar-refractivity contribution is -0.0437. The molecule has 0 aromatic rings. The summed E-state index contributed by atoms with van der Waals surface area (Å²) >= 11 is 0. The van der Waals surface area contributed by atoms with E-state index >= 15 is 0 Å². The van der Waals surface area contributed by atoms with Crippen molar-refractivity contribution in [1.29, 1.82) is 0 Å². The number of ether oxygens (including phenoxy) is 2. The van der Waals surface area contributed by atoms with E-state index in [0.717, 1.165) is 12.8 Å². The third kappa shape index (κ3) is 1.69. The number of β-amino-alcohol motifs (C(OH)–C–C–N with tert-alkyl or cyclic N) is 1. The summed E-state index contributed by atoms with van der Waals surface area (Å²) in [5, 5.41) is 8.76. The highest BCUT2D eigenvalue weighted by atomic mass is 16.6. The number of aliphatic hydroxyl groups is 1. The van der Waals surface area contributed by atoms with Gasteiger partial charge in [-0.05, 0) is 0 Å². The molecule has 14 heavy (non-hydrogen) atoms.